The Hall–Kier alpha value is -0.551. The van der Waals surface area contributed by atoms with Crippen molar-refractivity contribution in [3.63, 3.8) is 0 Å². The second-order valence-corrected chi connectivity index (χ2v) is 23.9. The number of carbonyl (C=O) groups excluding carboxylic acids is 1. The van der Waals surface area contributed by atoms with Crippen LogP contribution in [-0.4, -0.2) is 55.5 Å². The van der Waals surface area contributed by atoms with Gasteiger partial charge in [-0.05, 0) is 0 Å². The van der Waals surface area contributed by atoms with Crippen molar-refractivity contribution < 1.29 is 9.53 Å². The summed E-state index contributed by atoms with van der Waals surface area (Å²) >= 11 is -2.44. The fraction of sp³-hybridized carbons (Fsp3) is 0.750. The average molecular weight is 548 g/mol. The molecule has 2 saturated heterocycles. The summed E-state index contributed by atoms with van der Waals surface area (Å²) in [6.07, 6.45) is 12.3. The zero-order valence-corrected chi connectivity index (χ0v) is 24.3. The SMILES string of the molecule is CCC[CH2][Sn]([CH2]CCC)([CH2]CCC)[c]1ccc(C2(C(=O)OC)CC3CCC(C2)N3C)cc1. The fourth-order valence-corrected chi connectivity index (χ4v) is 22.6. The van der Waals surface area contributed by atoms with Gasteiger partial charge in [-0.15, -0.1) is 0 Å². The molecular weight excluding hydrogens is 501 g/mol. The van der Waals surface area contributed by atoms with E-state index in [1.807, 2.05) is 0 Å². The number of esters is 1. The maximum atomic E-state index is 13.2. The minimum atomic E-state index is -2.44. The van der Waals surface area contributed by atoms with E-state index in [0.29, 0.717) is 12.1 Å². The van der Waals surface area contributed by atoms with Crippen molar-refractivity contribution in [3.8, 4) is 0 Å². The predicted molar refractivity (Wildman–Crippen MR) is 138 cm³/mol. The van der Waals surface area contributed by atoms with Crippen molar-refractivity contribution in [1.82, 2.24) is 4.90 Å². The van der Waals surface area contributed by atoms with E-state index in [1.165, 1.54) is 70.2 Å². The number of unbranched alkanes of at least 4 members (excludes halogenated alkanes) is 3. The topological polar surface area (TPSA) is 29.5 Å². The van der Waals surface area contributed by atoms with Crippen LogP contribution in [0.2, 0.25) is 13.3 Å². The van der Waals surface area contributed by atoms with Crippen molar-refractivity contribution in [2.75, 3.05) is 14.2 Å². The number of hydrogen-bond donors (Lipinski definition) is 0. The van der Waals surface area contributed by atoms with Gasteiger partial charge in [-0.1, -0.05) is 0 Å². The van der Waals surface area contributed by atoms with Crippen LogP contribution in [-0.2, 0) is 14.9 Å². The Morgan fingerprint density at radius 3 is 1.81 bits per heavy atom. The van der Waals surface area contributed by atoms with Gasteiger partial charge in [0.1, 0.15) is 0 Å². The second kappa shape index (κ2) is 11.7. The standard InChI is InChI=1S/C16H20NO2.3C4H9.Sn/c1-17-13-8-9-14(17)11-16(10-13,15(18)19-2)12-6-4-3-5-7-12;3*1-3-4-2;/h4-7,13-14H,8-11H2,1-2H3;3*1,3-4H2,2H3;. The van der Waals surface area contributed by atoms with Crippen LogP contribution in [0.25, 0.3) is 0 Å². The number of benzene rings is 1. The zero-order chi connectivity index (χ0) is 23.2. The van der Waals surface area contributed by atoms with Gasteiger partial charge in [-0.2, -0.15) is 0 Å². The third-order valence-electron chi connectivity index (χ3n) is 8.81. The van der Waals surface area contributed by atoms with Gasteiger partial charge in [0.15, 0.2) is 0 Å². The van der Waals surface area contributed by atoms with Gasteiger partial charge in [-0.3, -0.25) is 0 Å². The second-order valence-electron chi connectivity index (χ2n) is 10.7. The minimum absolute atomic E-state index is 0.0204. The van der Waals surface area contributed by atoms with Crippen LogP contribution in [0.1, 0.15) is 90.5 Å². The molecule has 0 aromatic heterocycles. The molecule has 2 aliphatic heterocycles. The number of rotatable bonds is 12. The molecule has 2 atom stereocenters. The molecule has 0 spiro atoms. The van der Waals surface area contributed by atoms with Crippen LogP contribution in [0.3, 0.4) is 0 Å². The van der Waals surface area contributed by atoms with Gasteiger partial charge in [0.05, 0.1) is 0 Å². The first-order chi connectivity index (χ1) is 15.5. The van der Waals surface area contributed by atoms with Gasteiger partial charge in [0.25, 0.3) is 0 Å². The fourth-order valence-electron chi connectivity index (χ4n) is 6.68. The first kappa shape index (κ1) is 26.1. The Morgan fingerprint density at radius 1 is 0.938 bits per heavy atom. The first-order valence-corrected chi connectivity index (χ1v) is 20.9. The first-order valence-electron chi connectivity index (χ1n) is 13.4. The number of methoxy groups -OCH3 is 1. The molecule has 4 heteroatoms. The molecule has 0 radical (unpaired) electrons. The molecule has 2 fully saturated rings. The molecule has 0 amide bonds. The molecule has 1 aromatic carbocycles. The molecule has 1 aromatic rings. The van der Waals surface area contributed by atoms with Crippen molar-refractivity contribution in [1.29, 1.82) is 0 Å². The molecule has 2 heterocycles. The predicted octanol–water partition coefficient (Wildman–Crippen LogP) is 6.41. The molecule has 32 heavy (non-hydrogen) atoms. The number of piperidine rings is 1. The summed E-state index contributed by atoms with van der Waals surface area (Å²) in [7, 11) is 3.81. The summed E-state index contributed by atoms with van der Waals surface area (Å²) in [6, 6.07) is 10.6. The van der Waals surface area contributed by atoms with Gasteiger partial charge >= 0.3 is 202 Å². The molecule has 2 bridgehead atoms. The molecule has 2 aliphatic rings. The summed E-state index contributed by atoms with van der Waals surface area (Å²) in [4.78, 5) is 15.7. The van der Waals surface area contributed by atoms with Gasteiger partial charge in [0, 0.05) is 0 Å². The van der Waals surface area contributed by atoms with Crippen molar-refractivity contribution in [3.05, 3.63) is 29.8 Å². The van der Waals surface area contributed by atoms with Crippen molar-refractivity contribution >= 4 is 27.9 Å². The maximum absolute atomic E-state index is 13.2. The van der Waals surface area contributed by atoms with Gasteiger partial charge < -0.3 is 0 Å². The third-order valence-corrected chi connectivity index (χ3v) is 24.5. The van der Waals surface area contributed by atoms with Gasteiger partial charge in [-0.25, -0.2) is 0 Å². The van der Waals surface area contributed by atoms with E-state index >= 15 is 0 Å². The van der Waals surface area contributed by atoms with E-state index in [1.54, 1.807) is 10.7 Å². The number of hydrogen-bond acceptors (Lipinski definition) is 3. The molecular formula is C28H47NO2Sn. The molecule has 0 aliphatic carbocycles. The Bertz CT molecular complexity index is 696. The molecule has 0 N–H and O–H groups in total. The third kappa shape index (κ3) is 5.24. The Kier molecular flexibility index (Phi) is 9.55. The van der Waals surface area contributed by atoms with Crippen LogP contribution >= 0.6 is 0 Å². The molecule has 3 nitrogen and oxygen atoms in total. The zero-order valence-electron chi connectivity index (χ0n) is 21.4. The summed E-state index contributed by atoms with van der Waals surface area (Å²) in [5.74, 6) is -0.0204. The van der Waals surface area contributed by atoms with E-state index < -0.39 is 23.8 Å². The number of nitrogens with zero attached hydrogens (tertiary/aromatic N) is 1. The Balaban J connectivity index is 1.95. The van der Waals surface area contributed by atoms with Gasteiger partial charge in [0.2, 0.25) is 0 Å². The van der Waals surface area contributed by atoms with Crippen LogP contribution in [0.5, 0.6) is 0 Å². The Labute approximate surface area is 201 Å². The van der Waals surface area contributed by atoms with Crippen LogP contribution < -0.4 is 3.58 Å². The normalized spacial score (nSPS) is 25.8. The Morgan fingerprint density at radius 2 is 1.41 bits per heavy atom. The molecule has 2 unspecified atom stereocenters. The molecule has 0 saturated carbocycles. The van der Waals surface area contributed by atoms with Crippen LogP contribution in [0.15, 0.2) is 24.3 Å². The summed E-state index contributed by atoms with van der Waals surface area (Å²) in [5, 5.41) is 0. The number of ether oxygens (including phenoxy) is 1. The van der Waals surface area contributed by atoms with Crippen LogP contribution in [0, 0.1) is 0 Å². The van der Waals surface area contributed by atoms with Crippen molar-refractivity contribution in [2.24, 2.45) is 0 Å². The van der Waals surface area contributed by atoms with Crippen LogP contribution in [0.4, 0.5) is 0 Å². The van der Waals surface area contributed by atoms with E-state index in [0.717, 1.165) is 12.8 Å². The van der Waals surface area contributed by atoms with Crippen molar-refractivity contribution in [2.45, 2.75) is 116 Å². The quantitative estimate of drug-likeness (QED) is 0.223. The molecule has 3 rings (SSSR count). The van der Waals surface area contributed by atoms with E-state index in [9.17, 15) is 4.79 Å². The summed E-state index contributed by atoms with van der Waals surface area (Å²) < 4.78 is 11.6. The average Bonchev–Trinajstić information content (AvgIpc) is 3.03. The summed E-state index contributed by atoms with van der Waals surface area (Å²) in [5.41, 5.74) is 0.750. The number of fused-ring (bicyclic) bond motifs is 2. The molecule has 180 valence electrons. The summed E-state index contributed by atoms with van der Waals surface area (Å²) in [6.45, 7) is 7.02. The van der Waals surface area contributed by atoms with E-state index in [4.69, 9.17) is 4.74 Å². The van der Waals surface area contributed by atoms with E-state index in [2.05, 4.69) is 57.0 Å². The monoisotopic (exact) mass is 549 g/mol. The van der Waals surface area contributed by atoms with E-state index in [-0.39, 0.29) is 5.97 Å². The number of carbonyl (C=O) groups is 1.